The zero-order valence-electron chi connectivity index (χ0n) is 14.4. The maximum absolute atomic E-state index is 12.4. The lowest BCUT2D eigenvalue weighted by atomic mass is 10.1. The molecule has 0 unspecified atom stereocenters. The number of carbonyl (C=O) groups excluding carboxylic acids is 2. The molecule has 0 saturated carbocycles. The number of hydrogen-bond acceptors (Lipinski definition) is 4. The van der Waals surface area contributed by atoms with E-state index < -0.39 is 0 Å². The number of nitrogens with zero attached hydrogens (tertiary/aromatic N) is 1. The summed E-state index contributed by atoms with van der Waals surface area (Å²) >= 11 is 0. The summed E-state index contributed by atoms with van der Waals surface area (Å²) in [6.07, 6.45) is 2.59. The Morgan fingerprint density at radius 2 is 1.69 bits per heavy atom. The van der Waals surface area contributed by atoms with Gasteiger partial charge in [-0.3, -0.25) is 9.59 Å². The molecule has 2 amide bonds. The van der Waals surface area contributed by atoms with E-state index in [-0.39, 0.29) is 18.6 Å². The van der Waals surface area contributed by atoms with E-state index in [4.69, 9.17) is 9.47 Å². The molecule has 0 spiro atoms. The Hall–Kier alpha value is -3.02. The number of rotatable bonds is 4. The van der Waals surface area contributed by atoms with Crippen molar-refractivity contribution < 1.29 is 19.1 Å². The van der Waals surface area contributed by atoms with Crippen molar-refractivity contribution >= 4 is 17.5 Å². The van der Waals surface area contributed by atoms with E-state index >= 15 is 0 Å². The van der Waals surface area contributed by atoms with Gasteiger partial charge in [-0.1, -0.05) is 12.1 Å². The van der Waals surface area contributed by atoms with Crippen molar-refractivity contribution in [2.45, 2.75) is 19.3 Å². The van der Waals surface area contributed by atoms with Crippen molar-refractivity contribution in [2.24, 2.45) is 0 Å². The number of ether oxygens (including phenoxy) is 2. The molecule has 2 aromatic rings. The summed E-state index contributed by atoms with van der Waals surface area (Å²) in [6.45, 7) is 1.91. The summed E-state index contributed by atoms with van der Waals surface area (Å²) in [5.74, 6) is 1.17. The minimum Gasteiger partial charge on any atom is -0.454 e. The minimum absolute atomic E-state index is 0.166. The SMILES string of the molecule is O=C(Nc1ccc(CC(=O)N2CCCC2)cc1)c1ccc2c(c1)OCO2. The van der Waals surface area contributed by atoms with E-state index in [1.165, 1.54) is 0 Å². The maximum Gasteiger partial charge on any atom is 0.255 e. The van der Waals surface area contributed by atoms with E-state index in [0.29, 0.717) is 29.2 Å². The molecule has 6 heteroatoms. The van der Waals surface area contributed by atoms with Gasteiger partial charge >= 0.3 is 0 Å². The van der Waals surface area contributed by atoms with Crippen molar-refractivity contribution in [2.75, 3.05) is 25.2 Å². The average Bonchev–Trinajstić information content (AvgIpc) is 3.34. The summed E-state index contributed by atoms with van der Waals surface area (Å²) in [5, 5.41) is 2.85. The van der Waals surface area contributed by atoms with Crippen LogP contribution in [-0.2, 0) is 11.2 Å². The van der Waals surface area contributed by atoms with Crippen LogP contribution in [0.15, 0.2) is 42.5 Å². The molecule has 2 aromatic carbocycles. The van der Waals surface area contributed by atoms with E-state index in [1.807, 2.05) is 29.2 Å². The second kappa shape index (κ2) is 7.07. The third kappa shape index (κ3) is 3.49. The Morgan fingerprint density at radius 1 is 0.962 bits per heavy atom. The Kier molecular flexibility index (Phi) is 4.48. The number of benzene rings is 2. The number of likely N-dealkylation sites (tertiary alicyclic amines) is 1. The van der Waals surface area contributed by atoms with Gasteiger partial charge in [-0.25, -0.2) is 0 Å². The smallest absolute Gasteiger partial charge is 0.255 e. The van der Waals surface area contributed by atoms with Gasteiger partial charge in [-0.15, -0.1) is 0 Å². The molecule has 2 aliphatic rings. The second-order valence-electron chi connectivity index (χ2n) is 6.48. The highest BCUT2D eigenvalue weighted by molar-refractivity contribution is 6.04. The summed E-state index contributed by atoms with van der Waals surface area (Å²) < 4.78 is 10.5. The van der Waals surface area contributed by atoms with Crippen molar-refractivity contribution in [3.05, 3.63) is 53.6 Å². The third-order valence-corrected chi connectivity index (χ3v) is 4.66. The zero-order valence-corrected chi connectivity index (χ0v) is 14.4. The molecule has 134 valence electrons. The highest BCUT2D eigenvalue weighted by Crippen LogP contribution is 2.32. The van der Waals surface area contributed by atoms with E-state index in [1.54, 1.807) is 18.2 Å². The third-order valence-electron chi connectivity index (χ3n) is 4.66. The highest BCUT2D eigenvalue weighted by atomic mass is 16.7. The van der Waals surface area contributed by atoms with Crippen LogP contribution in [0.2, 0.25) is 0 Å². The molecule has 0 aliphatic carbocycles. The molecule has 0 atom stereocenters. The quantitative estimate of drug-likeness (QED) is 0.919. The van der Waals surface area contributed by atoms with Crippen molar-refractivity contribution in [3.8, 4) is 11.5 Å². The molecule has 6 nitrogen and oxygen atoms in total. The normalized spacial score (nSPS) is 15.2. The molecule has 1 N–H and O–H groups in total. The molecular formula is C20H20N2O4. The molecular weight excluding hydrogens is 332 g/mol. The fourth-order valence-electron chi connectivity index (χ4n) is 3.20. The van der Waals surface area contributed by atoms with Crippen LogP contribution in [0.5, 0.6) is 11.5 Å². The van der Waals surface area contributed by atoms with Gasteiger partial charge in [0.15, 0.2) is 11.5 Å². The van der Waals surface area contributed by atoms with Crippen LogP contribution >= 0.6 is 0 Å². The largest absolute Gasteiger partial charge is 0.454 e. The molecule has 0 aromatic heterocycles. The van der Waals surface area contributed by atoms with Crippen LogP contribution in [0.4, 0.5) is 5.69 Å². The first-order chi connectivity index (χ1) is 12.7. The van der Waals surface area contributed by atoms with Gasteiger partial charge < -0.3 is 19.7 Å². The van der Waals surface area contributed by atoms with Gasteiger partial charge in [0, 0.05) is 24.3 Å². The molecule has 2 heterocycles. The van der Waals surface area contributed by atoms with Crippen LogP contribution in [0.3, 0.4) is 0 Å². The number of anilines is 1. The first-order valence-electron chi connectivity index (χ1n) is 8.77. The monoisotopic (exact) mass is 352 g/mol. The predicted octanol–water partition coefficient (Wildman–Crippen LogP) is 2.83. The Balaban J connectivity index is 1.37. The molecule has 1 fully saturated rings. The van der Waals surface area contributed by atoms with Crippen molar-refractivity contribution in [3.63, 3.8) is 0 Å². The number of carbonyl (C=O) groups is 2. The number of hydrogen-bond donors (Lipinski definition) is 1. The fraction of sp³-hybridized carbons (Fsp3) is 0.300. The van der Waals surface area contributed by atoms with E-state index in [9.17, 15) is 9.59 Å². The topological polar surface area (TPSA) is 67.9 Å². The van der Waals surface area contributed by atoms with Crippen molar-refractivity contribution in [1.29, 1.82) is 0 Å². The summed E-state index contributed by atoms with van der Waals surface area (Å²) in [6, 6.07) is 12.5. The Morgan fingerprint density at radius 3 is 2.46 bits per heavy atom. The Labute approximate surface area is 151 Å². The van der Waals surface area contributed by atoms with Crippen molar-refractivity contribution in [1.82, 2.24) is 4.90 Å². The minimum atomic E-state index is -0.218. The molecule has 1 saturated heterocycles. The Bertz CT molecular complexity index is 826. The summed E-state index contributed by atoms with van der Waals surface area (Å²) in [5.41, 5.74) is 2.13. The van der Waals surface area contributed by atoms with Gasteiger partial charge in [-0.05, 0) is 48.7 Å². The lowest BCUT2D eigenvalue weighted by Gasteiger charge is -2.15. The van der Waals surface area contributed by atoms with Gasteiger partial charge in [0.25, 0.3) is 5.91 Å². The van der Waals surface area contributed by atoms with Gasteiger partial charge in [-0.2, -0.15) is 0 Å². The molecule has 4 rings (SSSR count). The molecule has 0 radical (unpaired) electrons. The van der Waals surface area contributed by atoms with E-state index in [2.05, 4.69) is 5.32 Å². The standard InChI is InChI=1S/C20H20N2O4/c23-19(22-9-1-2-10-22)11-14-3-6-16(7-4-14)21-20(24)15-5-8-17-18(12-15)26-13-25-17/h3-8,12H,1-2,9-11,13H2,(H,21,24). The lowest BCUT2D eigenvalue weighted by molar-refractivity contribution is -0.129. The fourth-order valence-corrected chi connectivity index (χ4v) is 3.20. The van der Waals surface area contributed by atoms with Crippen LogP contribution in [0, 0.1) is 0 Å². The average molecular weight is 352 g/mol. The zero-order chi connectivity index (χ0) is 17.9. The highest BCUT2D eigenvalue weighted by Gasteiger charge is 2.18. The van der Waals surface area contributed by atoms with Gasteiger partial charge in [0.05, 0.1) is 6.42 Å². The molecule has 0 bridgehead atoms. The van der Waals surface area contributed by atoms with Crippen LogP contribution in [-0.4, -0.2) is 36.6 Å². The molecule has 26 heavy (non-hydrogen) atoms. The lowest BCUT2D eigenvalue weighted by Crippen LogP contribution is -2.29. The second-order valence-corrected chi connectivity index (χ2v) is 6.48. The maximum atomic E-state index is 12.4. The van der Waals surface area contributed by atoms with Crippen LogP contribution < -0.4 is 14.8 Å². The number of nitrogens with one attached hydrogen (secondary N) is 1. The number of fused-ring (bicyclic) bond motifs is 1. The van der Waals surface area contributed by atoms with Crippen LogP contribution in [0.25, 0.3) is 0 Å². The van der Waals surface area contributed by atoms with Crippen LogP contribution in [0.1, 0.15) is 28.8 Å². The van der Waals surface area contributed by atoms with Gasteiger partial charge in [0.2, 0.25) is 12.7 Å². The first kappa shape index (κ1) is 16.4. The van der Waals surface area contributed by atoms with E-state index in [0.717, 1.165) is 31.5 Å². The predicted molar refractivity (Wildman–Crippen MR) is 96.5 cm³/mol. The molecule has 2 aliphatic heterocycles. The first-order valence-corrected chi connectivity index (χ1v) is 8.77. The summed E-state index contributed by atoms with van der Waals surface area (Å²) in [4.78, 5) is 26.5. The summed E-state index contributed by atoms with van der Waals surface area (Å²) in [7, 11) is 0. The number of amides is 2. The van der Waals surface area contributed by atoms with Gasteiger partial charge in [0.1, 0.15) is 0 Å².